The molecule has 0 radical (unpaired) electrons. The highest BCUT2D eigenvalue weighted by Gasteiger charge is 2.63. The number of imidazole rings is 1. The van der Waals surface area contributed by atoms with Gasteiger partial charge in [0, 0.05) is 39.0 Å². The number of carbonyl (C=O) groups excluding carboxylic acids is 5. The van der Waals surface area contributed by atoms with E-state index in [1.165, 1.54) is 17.0 Å². The Morgan fingerprint density at radius 2 is 1.77 bits per heavy atom. The number of amides is 2. The number of aromatic nitrogens is 3. The molecule has 16 nitrogen and oxygen atoms in total. The molecule has 0 bridgehead atoms. The van der Waals surface area contributed by atoms with Crippen LogP contribution in [0.15, 0.2) is 36.7 Å². The number of ether oxygens (including phenoxy) is 6. The Balaban J connectivity index is 1.57. The van der Waals surface area contributed by atoms with Crippen LogP contribution in [0.3, 0.4) is 0 Å². The zero-order valence-electron chi connectivity index (χ0n) is 29.3. The quantitative estimate of drug-likeness (QED) is 0.0875. The lowest BCUT2D eigenvalue weighted by atomic mass is 9.91. The molecule has 3 aromatic rings. The molecule has 53 heavy (non-hydrogen) atoms. The first-order valence-corrected chi connectivity index (χ1v) is 17.4. The third-order valence-electron chi connectivity index (χ3n) is 8.49. The van der Waals surface area contributed by atoms with Gasteiger partial charge in [-0.25, -0.2) is 24.4 Å². The second kappa shape index (κ2) is 16.4. The normalized spacial score (nSPS) is 21.4. The van der Waals surface area contributed by atoms with Crippen molar-refractivity contribution >= 4 is 70.0 Å². The number of halogens is 2. The van der Waals surface area contributed by atoms with E-state index in [0.717, 1.165) is 20.3 Å². The Morgan fingerprint density at radius 1 is 1.09 bits per heavy atom. The smallest absolute Gasteiger partial charge is 0.350 e. The van der Waals surface area contributed by atoms with Gasteiger partial charge in [-0.1, -0.05) is 41.3 Å². The summed E-state index contributed by atoms with van der Waals surface area (Å²) in [5.74, 6) is -1.45. The molecule has 2 amide bonds. The summed E-state index contributed by atoms with van der Waals surface area (Å²) in [5.41, 5.74) is -3.30. The molecule has 0 unspecified atom stereocenters. The molecule has 1 N–H and O–H groups in total. The Bertz CT molecular complexity index is 1910. The highest BCUT2D eigenvalue weighted by atomic mass is 35.5. The van der Waals surface area contributed by atoms with Gasteiger partial charge in [0.1, 0.15) is 16.8 Å². The van der Waals surface area contributed by atoms with E-state index in [9.17, 15) is 24.0 Å². The maximum absolute atomic E-state index is 13.8. The van der Waals surface area contributed by atoms with Crippen molar-refractivity contribution in [1.82, 2.24) is 19.9 Å². The fourth-order valence-electron chi connectivity index (χ4n) is 6.19. The van der Waals surface area contributed by atoms with E-state index in [-0.39, 0.29) is 40.6 Å². The topological polar surface area (TPSA) is 187 Å². The Kier molecular flexibility index (Phi) is 12.1. The standard InChI is InChI=1S/C35H37Cl2N5O11/c1-6-34(53-21(5)44)25(52-30(28(34)51-20(4)43)42-19-39-27-24(36)16-26(37)40-29(27)42)18-50-35(31(45)48-7-2,32(46)49-8-3)17-22-10-12-23(13-11-22)41-15-9-14-38-33(41)47/h1,10-13,16,19,25,28,30H,7-9,14-15,17-18H2,2-5H3,(H,38,47)/t25-,28+,30-,34-/m1/s1. The van der Waals surface area contributed by atoms with Crippen molar-refractivity contribution in [3.05, 3.63) is 52.4 Å². The van der Waals surface area contributed by atoms with Crippen LogP contribution in [0.1, 0.15) is 45.9 Å². The van der Waals surface area contributed by atoms with Crippen LogP contribution < -0.4 is 10.2 Å². The Labute approximate surface area is 314 Å². The minimum absolute atomic E-state index is 0.00949. The zero-order valence-corrected chi connectivity index (χ0v) is 30.8. The maximum Gasteiger partial charge on any atom is 0.350 e. The van der Waals surface area contributed by atoms with Crippen molar-refractivity contribution in [3.63, 3.8) is 0 Å². The number of benzene rings is 1. The minimum atomic E-state index is -2.45. The van der Waals surface area contributed by atoms with Gasteiger partial charge in [-0.3, -0.25) is 19.1 Å². The molecule has 1 aromatic carbocycles. The first-order valence-electron chi connectivity index (χ1n) is 16.6. The lowest BCUT2D eigenvalue weighted by molar-refractivity contribution is -0.200. The number of nitrogens with one attached hydrogen (secondary N) is 1. The minimum Gasteiger partial charge on any atom is -0.463 e. The van der Waals surface area contributed by atoms with Gasteiger partial charge >= 0.3 is 29.9 Å². The number of pyridine rings is 1. The average Bonchev–Trinajstić information content (AvgIpc) is 3.65. The third-order valence-corrected chi connectivity index (χ3v) is 8.98. The maximum atomic E-state index is 13.8. The van der Waals surface area contributed by atoms with Crippen LogP contribution in [-0.4, -0.2) is 101 Å². The number of urea groups is 1. The van der Waals surface area contributed by atoms with Crippen molar-refractivity contribution in [3.8, 4) is 12.3 Å². The highest BCUT2D eigenvalue weighted by molar-refractivity contribution is 6.37. The highest BCUT2D eigenvalue weighted by Crippen LogP contribution is 2.44. The molecule has 282 valence electrons. The van der Waals surface area contributed by atoms with E-state index in [4.69, 9.17) is 58.0 Å². The first kappa shape index (κ1) is 39.3. The van der Waals surface area contributed by atoms with Gasteiger partial charge in [-0.15, -0.1) is 6.42 Å². The molecule has 4 atom stereocenters. The molecule has 4 heterocycles. The van der Waals surface area contributed by atoms with Crippen LogP contribution >= 0.6 is 23.2 Å². The van der Waals surface area contributed by atoms with Gasteiger partial charge in [0.15, 0.2) is 11.9 Å². The van der Waals surface area contributed by atoms with Crippen molar-refractivity contribution in [2.24, 2.45) is 0 Å². The summed E-state index contributed by atoms with van der Waals surface area (Å²) in [6.07, 6.45) is 3.25. The molecule has 0 spiro atoms. The fraction of sp³-hybridized carbons (Fsp3) is 0.457. The second-order valence-corrected chi connectivity index (χ2v) is 12.8. The van der Waals surface area contributed by atoms with Crippen LogP contribution in [0.5, 0.6) is 0 Å². The molecule has 2 aliphatic heterocycles. The number of anilines is 1. The number of esters is 4. The van der Waals surface area contributed by atoms with E-state index in [1.54, 1.807) is 43.0 Å². The van der Waals surface area contributed by atoms with Gasteiger partial charge < -0.3 is 33.7 Å². The molecular formula is C35H37Cl2N5O11. The lowest BCUT2D eigenvalue weighted by Crippen LogP contribution is -2.57. The summed E-state index contributed by atoms with van der Waals surface area (Å²) >= 11 is 12.6. The molecule has 18 heteroatoms. The number of hydrogen-bond donors (Lipinski definition) is 1. The second-order valence-electron chi connectivity index (χ2n) is 12.0. The van der Waals surface area contributed by atoms with Crippen LogP contribution in [0.4, 0.5) is 10.5 Å². The molecule has 2 saturated heterocycles. The summed E-state index contributed by atoms with van der Waals surface area (Å²) < 4.78 is 36.0. The van der Waals surface area contributed by atoms with Gasteiger partial charge in [0.2, 0.25) is 11.7 Å². The fourth-order valence-corrected chi connectivity index (χ4v) is 6.68. The third kappa shape index (κ3) is 7.88. The van der Waals surface area contributed by atoms with E-state index < -0.39 is 66.5 Å². The average molecular weight is 775 g/mol. The van der Waals surface area contributed by atoms with Gasteiger partial charge in [0.05, 0.1) is 31.2 Å². The molecular weight excluding hydrogens is 737 g/mol. The molecule has 2 aromatic heterocycles. The van der Waals surface area contributed by atoms with Gasteiger partial charge in [-0.2, -0.15) is 0 Å². The van der Waals surface area contributed by atoms with Crippen LogP contribution in [0.2, 0.25) is 10.2 Å². The lowest BCUT2D eigenvalue weighted by Gasteiger charge is -2.35. The number of terminal acetylenes is 1. The molecule has 0 saturated carbocycles. The number of carbonyl (C=O) groups is 5. The van der Waals surface area contributed by atoms with Crippen molar-refractivity contribution in [2.75, 3.05) is 37.8 Å². The predicted molar refractivity (Wildman–Crippen MR) is 188 cm³/mol. The molecule has 2 aliphatic rings. The summed E-state index contributed by atoms with van der Waals surface area (Å²) in [7, 11) is 0. The largest absolute Gasteiger partial charge is 0.463 e. The first-order chi connectivity index (χ1) is 25.3. The Hall–Kier alpha value is -4.95. The van der Waals surface area contributed by atoms with Crippen LogP contribution in [-0.2, 0) is 54.0 Å². The zero-order chi connectivity index (χ0) is 38.5. The number of hydrogen-bond acceptors (Lipinski definition) is 13. The summed E-state index contributed by atoms with van der Waals surface area (Å²) in [5, 5.41) is 2.95. The van der Waals surface area contributed by atoms with Gasteiger partial charge in [-0.05, 0) is 44.0 Å². The van der Waals surface area contributed by atoms with Gasteiger partial charge in [0.25, 0.3) is 5.60 Å². The summed E-state index contributed by atoms with van der Waals surface area (Å²) in [4.78, 5) is 75.4. The van der Waals surface area contributed by atoms with E-state index in [2.05, 4.69) is 21.2 Å². The predicted octanol–water partition coefficient (Wildman–Crippen LogP) is 3.55. The molecule has 5 rings (SSSR count). The van der Waals surface area contributed by atoms with Crippen LogP contribution in [0, 0.1) is 12.3 Å². The molecule has 2 fully saturated rings. The molecule has 0 aliphatic carbocycles. The van der Waals surface area contributed by atoms with Crippen molar-refractivity contribution < 1.29 is 52.4 Å². The monoisotopic (exact) mass is 773 g/mol. The SMILES string of the molecule is C#C[C@@]1(OC(C)=O)[C@@H](COC(Cc2ccc(N3CCCNC3=O)cc2)(C(=O)OCC)C(=O)OCC)O[C@@H](n2cnc3c(Cl)cc(Cl)nc32)[C@@H]1OC(C)=O. The van der Waals surface area contributed by atoms with Crippen molar-refractivity contribution in [1.29, 1.82) is 0 Å². The number of rotatable bonds is 13. The van der Waals surface area contributed by atoms with Crippen molar-refractivity contribution in [2.45, 2.75) is 70.2 Å². The number of nitrogens with zero attached hydrogens (tertiary/aromatic N) is 4. The number of fused-ring (bicyclic) bond motifs is 1. The summed E-state index contributed by atoms with van der Waals surface area (Å²) in [6.45, 7) is 5.40. The van der Waals surface area contributed by atoms with E-state index >= 15 is 0 Å². The van der Waals surface area contributed by atoms with E-state index in [1.807, 2.05) is 0 Å². The summed E-state index contributed by atoms with van der Waals surface area (Å²) in [6, 6.07) is 7.72. The Morgan fingerprint density at radius 3 is 2.36 bits per heavy atom. The van der Waals surface area contributed by atoms with E-state index in [0.29, 0.717) is 24.3 Å². The van der Waals surface area contributed by atoms with Crippen LogP contribution in [0.25, 0.3) is 11.2 Å².